The van der Waals surface area contributed by atoms with Gasteiger partial charge < -0.3 is 5.73 Å². The van der Waals surface area contributed by atoms with E-state index in [2.05, 4.69) is 0 Å². The molecule has 0 saturated carbocycles. The Morgan fingerprint density at radius 1 is 1.20 bits per heavy atom. The van der Waals surface area contributed by atoms with Gasteiger partial charge in [0.25, 0.3) is 5.91 Å². The Morgan fingerprint density at radius 3 is 2.56 bits per heavy atom. The zero-order chi connectivity index (χ0) is 18.1. The number of hydrogen-bond donors (Lipinski definition) is 1. The number of rotatable bonds is 1. The number of carbonyl (C=O) groups excluding carboxylic acids is 2. The van der Waals surface area contributed by atoms with Gasteiger partial charge in [-0.2, -0.15) is 13.2 Å². The molecule has 0 atom stereocenters. The third-order valence-electron chi connectivity index (χ3n) is 4.16. The van der Waals surface area contributed by atoms with E-state index in [4.69, 9.17) is 18.0 Å². The Bertz CT molecular complexity index is 922. The van der Waals surface area contributed by atoms with Gasteiger partial charge in [0.15, 0.2) is 5.11 Å². The van der Waals surface area contributed by atoms with Crippen molar-refractivity contribution in [3.63, 3.8) is 0 Å². The second kappa shape index (κ2) is 4.82. The van der Waals surface area contributed by atoms with Crippen molar-refractivity contribution in [2.75, 3.05) is 4.90 Å². The van der Waals surface area contributed by atoms with E-state index in [1.807, 2.05) is 0 Å². The molecule has 0 spiro atoms. The molecule has 3 aliphatic heterocycles. The Morgan fingerprint density at radius 2 is 1.92 bits per heavy atom. The fourth-order valence-corrected chi connectivity index (χ4v) is 3.28. The Labute approximate surface area is 144 Å². The smallest absolute Gasteiger partial charge is 0.376 e. The Kier molecular flexibility index (Phi) is 3.01. The van der Waals surface area contributed by atoms with Crippen molar-refractivity contribution < 1.29 is 22.8 Å². The number of fused-ring (bicyclic) bond motifs is 4. The lowest BCUT2D eigenvalue weighted by Gasteiger charge is -2.20. The monoisotopic (exact) mass is 366 g/mol. The lowest BCUT2D eigenvalue weighted by Crippen LogP contribution is -2.33. The van der Waals surface area contributed by atoms with Gasteiger partial charge >= 0.3 is 12.2 Å². The maximum atomic E-state index is 12.9. The molecule has 2 bridgehead atoms. The molecule has 0 aromatic heterocycles. The molecule has 1 aromatic carbocycles. The van der Waals surface area contributed by atoms with Crippen LogP contribution in [-0.2, 0) is 11.0 Å². The summed E-state index contributed by atoms with van der Waals surface area (Å²) in [7, 11) is 0. The van der Waals surface area contributed by atoms with E-state index in [0.717, 1.165) is 23.1 Å². The maximum Gasteiger partial charge on any atom is 0.416 e. The van der Waals surface area contributed by atoms with Crippen LogP contribution in [-0.4, -0.2) is 26.9 Å². The molecule has 0 unspecified atom stereocenters. The highest BCUT2D eigenvalue weighted by atomic mass is 32.1. The first-order valence-electron chi connectivity index (χ1n) is 7.08. The van der Waals surface area contributed by atoms with Crippen LogP contribution < -0.4 is 10.6 Å². The number of carbonyl (C=O) groups is 2. The number of benzene rings is 1. The predicted molar refractivity (Wildman–Crippen MR) is 84.5 cm³/mol. The van der Waals surface area contributed by atoms with Crippen molar-refractivity contribution in [3.8, 4) is 0 Å². The lowest BCUT2D eigenvalue weighted by molar-refractivity contribution is -0.137. The van der Waals surface area contributed by atoms with Crippen LogP contribution in [0.5, 0.6) is 0 Å². The summed E-state index contributed by atoms with van der Waals surface area (Å²) in [6.45, 7) is 0. The summed E-state index contributed by atoms with van der Waals surface area (Å²) in [4.78, 5) is 28.7. The quantitative estimate of drug-likeness (QED) is 0.611. The first kappa shape index (κ1) is 15.6. The van der Waals surface area contributed by atoms with Crippen LogP contribution in [0.4, 0.5) is 23.7 Å². The minimum atomic E-state index is -4.58. The van der Waals surface area contributed by atoms with Gasteiger partial charge in [0.1, 0.15) is 5.70 Å². The number of thiocarbonyl (C=S) groups is 1. The van der Waals surface area contributed by atoms with Crippen LogP contribution in [0.1, 0.15) is 12.0 Å². The van der Waals surface area contributed by atoms with Crippen LogP contribution in [0.2, 0.25) is 0 Å². The van der Waals surface area contributed by atoms with Crippen LogP contribution in [0, 0.1) is 0 Å². The van der Waals surface area contributed by atoms with Crippen LogP contribution in [0.25, 0.3) is 0 Å². The summed E-state index contributed by atoms with van der Waals surface area (Å²) in [6, 6.07) is 3.35. The number of nitrogens with two attached hydrogens (primary N) is 1. The third-order valence-corrected chi connectivity index (χ3v) is 4.36. The molecule has 1 saturated heterocycles. The van der Waals surface area contributed by atoms with Crippen LogP contribution in [0.15, 0.2) is 47.6 Å². The van der Waals surface area contributed by atoms with Crippen LogP contribution >= 0.6 is 12.2 Å². The molecule has 1 fully saturated rings. The molecule has 10 heteroatoms. The van der Waals surface area contributed by atoms with Crippen molar-refractivity contribution >= 4 is 35.0 Å². The molecule has 3 heterocycles. The molecule has 1 aromatic rings. The number of halogens is 3. The average Bonchev–Trinajstić information content (AvgIpc) is 3.18. The van der Waals surface area contributed by atoms with E-state index in [9.17, 15) is 22.8 Å². The van der Waals surface area contributed by atoms with E-state index in [0.29, 0.717) is 17.8 Å². The molecule has 25 heavy (non-hydrogen) atoms. The topological polar surface area (TPSA) is 69.9 Å². The van der Waals surface area contributed by atoms with Gasteiger partial charge in [-0.05, 0) is 30.4 Å². The number of imide groups is 1. The number of urea groups is 1. The van der Waals surface area contributed by atoms with Crippen molar-refractivity contribution in [2.24, 2.45) is 5.73 Å². The van der Waals surface area contributed by atoms with Crippen molar-refractivity contribution in [3.05, 3.63) is 53.1 Å². The zero-order valence-corrected chi connectivity index (χ0v) is 13.2. The van der Waals surface area contributed by atoms with Gasteiger partial charge in [0.05, 0.1) is 22.6 Å². The van der Waals surface area contributed by atoms with Gasteiger partial charge in [-0.3, -0.25) is 14.6 Å². The SMILES string of the molecule is NC(=S)N1C=C2CC1=C1C(=O)N(c3cccc(C(F)(F)F)c3)C(=O)N21. The van der Waals surface area contributed by atoms with Crippen LogP contribution in [0.3, 0.4) is 0 Å². The summed E-state index contributed by atoms with van der Waals surface area (Å²) in [5.74, 6) is -0.705. The van der Waals surface area contributed by atoms with E-state index >= 15 is 0 Å². The van der Waals surface area contributed by atoms with Gasteiger partial charge in [-0.15, -0.1) is 0 Å². The minimum absolute atomic E-state index is 0.0231. The van der Waals surface area contributed by atoms with Gasteiger partial charge in [0.2, 0.25) is 0 Å². The average molecular weight is 366 g/mol. The standard InChI is InChI=1S/C15H9F3N4O2S/c16-15(17,18)7-2-1-3-8(4-7)22-12(23)11-10-5-9(21(11)14(22)24)6-20(10)13(19)25/h1-4,6H,5H2,(H2,19,25). The number of nitrogens with zero attached hydrogens (tertiary/aromatic N) is 3. The van der Waals surface area contributed by atoms with Gasteiger partial charge in [-0.25, -0.2) is 9.69 Å². The Hall–Kier alpha value is -2.88. The molecule has 128 valence electrons. The fraction of sp³-hybridized carbons (Fsp3) is 0.133. The number of amides is 3. The Balaban J connectivity index is 1.78. The van der Waals surface area contributed by atoms with E-state index in [1.54, 1.807) is 6.20 Å². The fourth-order valence-electron chi connectivity index (χ4n) is 3.11. The molecule has 3 aliphatic rings. The van der Waals surface area contributed by atoms with E-state index in [1.165, 1.54) is 15.9 Å². The number of alkyl halides is 3. The van der Waals surface area contributed by atoms with Crippen molar-refractivity contribution in [1.29, 1.82) is 0 Å². The van der Waals surface area contributed by atoms with E-state index < -0.39 is 23.7 Å². The number of hydrogen-bond acceptors (Lipinski definition) is 3. The summed E-state index contributed by atoms with van der Waals surface area (Å²) in [5.41, 5.74) is 5.54. The third kappa shape index (κ3) is 2.07. The minimum Gasteiger partial charge on any atom is -0.376 e. The predicted octanol–water partition coefficient (Wildman–Crippen LogP) is 2.49. The molecule has 0 radical (unpaired) electrons. The maximum absolute atomic E-state index is 12.9. The summed E-state index contributed by atoms with van der Waals surface area (Å²) >= 11 is 4.90. The first-order valence-corrected chi connectivity index (χ1v) is 7.49. The molecular weight excluding hydrogens is 357 g/mol. The molecule has 6 nitrogen and oxygen atoms in total. The highest BCUT2D eigenvalue weighted by Crippen LogP contribution is 2.45. The highest BCUT2D eigenvalue weighted by Gasteiger charge is 2.52. The van der Waals surface area contributed by atoms with E-state index in [-0.39, 0.29) is 16.5 Å². The first-order chi connectivity index (χ1) is 11.7. The second-order valence-electron chi connectivity index (χ2n) is 5.61. The van der Waals surface area contributed by atoms with Crippen molar-refractivity contribution in [1.82, 2.24) is 9.80 Å². The second-order valence-corrected chi connectivity index (χ2v) is 6.03. The number of anilines is 1. The highest BCUT2D eigenvalue weighted by molar-refractivity contribution is 7.80. The molecule has 0 aliphatic carbocycles. The van der Waals surface area contributed by atoms with Gasteiger partial charge in [-0.1, -0.05) is 6.07 Å². The lowest BCUT2D eigenvalue weighted by atomic mass is 10.2. The van der Waals surface area contributed by atoms with Crippen molar-refractivity contribution in [2.45, 2.75) is 12.6 Å². The van der Waals surface area contributed by atoms with Gasteiger partial charge in [0, 0.05) is 12.6 Å². The summed E-state index contributed by atoms with van der Waals surface area (Å²) < 4.78 is 38.7. The molecule has 3 amide bonds. The molecule has 4 rings (SSSR count). The molecular formula is C15H9F3N4O2S. The summed E-state index contributed by atoms with van der Waals surface area (Å²) in [5, 5.41) is 0.0231. The zero-order valence-electron chi connectivity index (χ0n) is 12.4. The largest absolute Gasteiger partial charge is 0.416 e. The summed E-state index contributed by atoms with van der Waals surface area (Å²) in [6.07, 6.45) is -2.72. The normalized spacial score (nSPS) is 19.2. The molecule has 2 N–H and O–H groups in total.